The topological polar surface area (TPSA) is 67.4 Å². The molecule has 0 saturated carbocycles. The molecular weight excluding hydrogens is 373 g/mol. The van der Waals surface area contributed by atoms with Crippen LogP contribution in [0.15, 0.2) is 18.2 Å². The van der Waals surface area contributed by atoms with Gasteiger partial charge in [-0.2, -0.15) is 13.2 Å². The highest BCUT2D eigenvalue weighted by molar-refractivity contribution is 6.01. The Balaban J connectivity index is 1.73. The first-order valence-electron chi connectivity index (χ1n) is 9.57. The standard InChI is InChI=1S/C20H25F3N2O3/c1-3-11-8-12-10-13(28-2)4-5-14(12)16(9-11)24-18(26)15-6-7-17(20(21,22)23)25-19(15)27/h4-5,10-11,15-17H,3,6-9H2,1-2H3,(H,24,26)(H,25,27). The van der Waals surface area contributed by atoms with E-state index >= 15 is 0 Å². The van der Waals surface area contributed by atoms with Crippen LogP contribution in [0.1, 0.15) is 49.8 Å². The fraction of sp³-hybridized carbons (Fsp3) is 0.600. The number of piperidine rings is 1. The van der Waals surface area contributed by atoms with Gasteiger partial charge in [-0.1, -0.05) is 19.4 Å². The second-order valence-electron chi connectivity index (χ2n) is 7.57. The van der Waals surface area contributed by atoms with Gasteiger partial charge in [0.25, 0.3) is 0 Å². The number of benzene rings is 1. The molecule has 2 N–H and O–H groups in total. The Kier molecular flexibility index (Phi) is 5.86. The number of ether oxygens (including phenoxy) is 1. The number of alkyl halides is 3. The van der Waals surface area contributed by atoms with Gasteiger partial charge in [-0.25, -0.2) is 0 Å². The van der Waals surface area contributed by atoms with Crippen molar-refractivity contribution in [2.24, 2.45) is 11.8 Å². The Morgan fingerprint density at radius 2 is 2.07 bits per heavy atom. The summed E-state index contributed by atoms with van der Waals surface area (Å²) < 4.78 is 43.7. The summed E-state index contributed by atoms with van der Waals surface area (Å²) in [5.41, 5.74) is 2.07. The summed E-state index contributed by atoms with van der Waals surface area (Å²) in [5, 5.41) is 4.85. The summed E-state index contributed by atoms with van der Waals surface area (Å²) in [6.07, 6.45) is -2.33. The minimum Gasteiger partial charge on any atom is -0.497 e. The molecule has 1 aromatic carbocycles. The molecule has 2 amide bonds. The first-order valence-corrected chi connectivity index (χ1v) is 9.57. The quantitative estimate of drug-likeness (QED) is 0.765. The predicted molar refractivity (Wildman–Crippen MR) is 96.7 cm³/mol. The molecule has 1 aliphatic heterocycles. The second kappa shape index (κ2) is 8.01. The van der Waals surface area contributed by atoms with Gasteiger partial charge in [0.15, 0.2) is 0 Å². The number of halogens is 3. The maximum atomic E-state index is 12.8. The van der Waals surface area contributed by atoms with E-state index in [2.05, 4.69) is 12.2 Å². The average molecular weight is 398 g/mol. The van der Waals surface area contributed by atoms with Crippen molar-refractivity contribution in [2.45, 2.75) is 57.3 Å². The van der Waals surface area contributed by atoms with Gasteiger partial charge in [-0.3, -0.25) is 9.59 Å². The summed E-state index contributed by atoms with van der Waals surface area (Å²) in [6, 6.07) is 3.55. The maximum Gasteiger partial charge on any atom is 0.408 e. The van der Waals surface area contributed by atoms with Crippen LogP contribution in [0.4, 0.5) is 13.2 Å². The van der Waals surface area contributed by atoms with E-state index in [4.69, 9.17) is 4.74 Å². The van der Waals surface area contributed by atoms with E-state index in [-0.39, 0.29) is 18.9 Å². The van der Waals surface area contributed by atoms with Crippen molar-refractivity contribution in [3.63, 3.8) is 0 Å². The van der Waals surface area contributed by atoms with Crippen LogP contribution < -0.4 is 15.4 Å². The van der Waals surface area contributed by atoms with Crippen LogP contribution in [0.2, 0.25) is 0 Å². The van der Waals surface area contributed by atoms with E-state index in [0.717, 1.165) is 36.1 Å². The number of hydrogen-bond acceptors (Lipinski definition) is 3. The first-order chi connectivity index (χ1) is 13.2. The normalized spacial score (nSPS) is 27.5. The highest BCUT2D eigenvalue weighted by Crippen LogP contribution is 2.37. The van der Waals surface area contributed by atoms with Crippen LogP contribution in [-0.2, 0) is 16.0 Å². The van der Waals surface area contributed by atoms with Gasteiger partial charge >= 0.3 is 6.18 Å². The molecule has 0 bridgehead atoms. The molecule has 1 fully saturated rings. The molecule has 4 atom stereocenters. The molecule has 0 aromatic heterocycles. The Hall–Kier alpha value is -2.25. The average Bonchev–Trinajstić information content (AvgIpc) is 2.66. The third kappa shape index (κ3) is 4.25. The lowest BCUT2D eigenvalue weighted by molar-refractivity contribution is -0.171. The van der Waals surface area contributed by atoms with Crippen LogP contribution in [0.3, 0.4) is 0 Å². The Morgan fingerprint density at radius 3 is 2.68 bits per heavy atom. The molecule has 1 aliphatic carbocycles. The van der Waals surface area contributed by atoms with Gasteiger partial charge in [-0.05, 0) is 54.9 Å². The van der Waals surface area contributed by atoms with Gasteiger partial charge in [0, 0.05) is 0 Å². The third-order valence-electron chi connectivity index (χ3n) is 5.79. The van der Waals surface area contributed by atoms with Crippen molar-refractivity contribution >= 4 is 11.8 Å². The van der Waals surface area contributed by atoms with Gasteiger partial charge in [0.2, 0.25) is 11.8 Å². The SMILES string of the molecule is CCC1Cc2cc(OC)ccc2C(NC(=O)C2CCC(C(F)(F)F)NC2=O)C1. The van der Waals surface area contributed by atoms with Crippen molar-refractivity contribution in [3.8, 4) is 5.75 Å². The number of hydrogen-bond donors (Lipinski definition) is 2. The van der Waals surface area contributed by atoms with E-state index in [1.807, 2.05) is 23.5 Å². The number of methoxy groups -OCH3 is 1. The lowest BCUT2D eigenvalue weighted by atomic mass is 9.79. The van der Waals surface area contributed by atoms with E-state index < -0.39 is 30.0 Å². The maximum absolute atomic E-state index is 12.8. The zero-order chi connectivity index (χ0) is 20.5. The second-order valence-corrected chi connectivity index (χ2v) is 7.57. The summed E-state index contributed by atoms with van der Waals surface area (Å²) >= 11 is 0. The predicted octanol–water partition coefficient (Wildman–Crippen LogP) is 3.28. The van der Waals surface area contributed by atoms with Gasteiger partial charge in [-0.15, -0.1) is 0 Å². The monoisotopic (exact) mass is 398 g/mol. The number of amides is 2. The highest BCUT2D eigenvalue weighted by Gasteiger charge is 2.46. The van der Waals surface area contributed by atoms with Gasteiger partial charge in [0.1, 0.15) is 17.7 Å². The molecular formula is C20H25F3N2O3. The minimum absolute atomic E-state index is 0.110. The number of rotatable bonds is 4. The van der Waals surface area contributed by atoms with Crippen molar-refractivity contribution in [1.82, 2.24) is 10.6 Å². The molecule has 1 heterocycles. The van der Waals surface area contributed by atoms with Crippen LogP contribution in [0.5, 0.6) is 5.75 Å². The van der Waals surface area contributed by atoms with E-state index in [1.54, 1.807) is 7.11 Å². The van der Waals surface area contributed by atoms with E-state index in [1.165, 1.54) is 0 Å². The van der Waals surface area contributed by atoms with Crippen LogP contribution in [0.25, 0.3) is 0 Å². The summed E-state index contributed by atoms with van der Waals surface area (Å²) in [6.45, 7) is 2.08. The van der Waals surface area contributed by atoms with E-state index in [0.29, 0.717) is 5.92 Å². The van der Waals surface area contributed by atoms with Crippen LogP contribution >= 0.6 is 0 Å². The third-order valence-corrected chi connectivity index (χ3v) is 5.79. The zero-order valence-electron chi connectivity index (χ0n) is 15.9. The van der Waals surface area contributed by atoms with Gasteiger partial charge < -0.3 is 15.4 Å². The van der Waals surface area contributed by atoms with Crippen molar-refractivity contribution in [1.29, 1.82) is 0 Å². The van der Waals surface area contributed by atoms with Crippen molar-refractivity contribution in [3.05, 3.63) is 29.3 Å². The molecule has 154 valence electrons. The molecule has 8 heteroatoms. The molecule has 0 spiro atoms. The molecule has 4 unspecified atom stereocenters. The van der Waals surface area contributed by atoms with Crippen molar-refractivity contribution < 1.29 is 27.5 Å². The summed E-state index contributed by atoms with van der Waals surface area (Å²) in [4.78, 5) is 24.8. The largest absolute Gasteiger partial charge is 0.497 e. The molecule has 2 aliphatic rings. The zero-order valence-corrected chi connectivity index (χ0v) is 15.9. The molecule has 1 saturated heterocycles. The molecule has 1 aromatic rings. The number of carbonyl (C=O) groups is 2. The van der Waals surface area contributed by atoms with Crippen molar-refractivity contribution in [2.75, 3.05) is 7.11 Å². The molecule has 3 rings (SSSR count). The summed E-state index contributed by atoms with van der Waals surface area (Å²) in [5.74, 6) is -1.35. The Bertz CT molecular complexity index is 751. The fourth-order valence-electron chi connectivity index (χ4n) is 4.11. The van der Waals surface area contributed by atoms with Crippen LogP contribution in [-0.4, -0.2) is 31.1 Å². The number of carbonyl (C=O) groups excluding carboxylic acids is 2. The number of nitrogens with one attached hydrogen (secondary N) is 2. The molecule has 0 radical (unpaired) electrons. The fourth-order valence-corrected chi connectivity index (χ4v) is 4.11. The summed E-state index contributed by atoms with van der Waals surface area (Å²) in [7, 11) is 1.59. The lowest BCUT2D eigenvalue weighted by Gasteiger charge is -2.34. The van der Waals surface area contributed by atoms with Gasteiger partial charge in [0.05, 0.1) is 13.2 Å². The molecule has 5 nitrogen and oxygen atoms in total. The van der Waals surface area contributed by atoms with Crippen LogP contribution in [0, 0.1) is 11.8 Å². The lowest BCUT2D eigenvalue weighted by Crippen LogP contribution is -2.54. The first kappa shape index (κ1) is 20.5. The number of fused-ring (bicyclic) bond motifs is 1. The Labute approximate surface area is 162 Å². The highest BCUT2D eigenvalue weighted by atomic mass is 19.4. The minimum atomic E-state index is -4.49. The smallest absolute Gasteiger partial charge is 0.408 e. The Morgan fingerprint density at radius 1 is 1.32 bits per heavy atom. The molecule has 28 heavy (non-hydrogen) atoms. The van der Waals surface area contributed by atoms with E-state index in [9.17, 15) is 22.8 Å².